The number of benzene rings is 1. The lowest BCUT2D eigenvalue weighted by Gasteiger charge is -2.05. The first-order valence-electron chi connectivity index (χ1n) is 4.88. The molecule has 0 fully saturated rings. The van der Waals surface area contributed by atoms with Crippen LogP contribution in [0.2, 0.25) is 5.02 Å². The molecular formula is C11H13ClN2O2. The van der Waals surface area contributed by atoms with Gasteiger partial charge in [0, 0.05) is 30.6 Å². The highest BCUT2D eigenvalue weighted by molar-refractivity contribution is 6.30. The Balaban J connectivity index is 2.37. The van der Waals surface area contributed by atoms with E-state index in [0.717, 1.165) is 0 Å². The Morgan fingerprint density at radius 2 is 2.12 bits per heavy atom. The normalized spacial score (nSPS) is 9.62. The van der Waals surface area contributed by atoms with Crippen molar-refractivity contribution in [2.24, 2.45) is 0 Å². The van der Waals surface area contributed by atoms with Crippen LogP contribution in [0.4, 0.5) is 5.69 Å². The topological polar surface area (TPSA) is 58.2 Å². The van der Waals surface area contributed by atoms with E-state index < -0.39 is 0 Å². The van der Waals surface area contributed by atoms with Crippen LogP contribution in [0, 0.1) is 0 Å². The van der Waals surface area contributed by atoms with Gasteiger partial charge in [0.1, 0.15) is 0 Å². The van der Waals surface area contributed by atoms with Crippen LogP contribution in [0.25, 0.3) is 0 Å². The van der Waals surface area contributed by atoms with Crippen LogP contribution >= 0.6 is 11.6 Å². The van der Waals surface area contributed by atoms with Crippen LogP contribution in [-0.2, 0) is 9.59 Å². The average Bonchev–Trinajstić information content (AvgIpc) is 2.16. The highest BCUT2D eigenvalue weighted by Crippen LogP contribution is 2.14. The molecule has 0 saturated carbocycles. The summed E-state index contributed by atoms with van der Waals surface area (Å²) in [5, 5.41) is 5.80. The van der Waals surface area contributed by atoms with Gasteiger partial charge in [-0.2, -0.15) is 0 Å². The molecule has 0 aromatic heterocycles. The maximum absolute atomic E-state index is 11.4. The van der Waals surface area contributed by atoms with Gasteiger partial charge in [-0.1, -0.05) is 17.7 Å². The third kappa shape index (κ3) is 4.79. The van der Waals surface area contributed by atoms with Crippen molar-refractivity contribution in [3.63, 3.8) is 0 Å². The van der Waals surface area contributed by atoms with Crippen molar-refractivity contribution in [3.8, 4) is 0 Å². The molecule has 0 saturated heterocycles. The van der Waals surface area contributed by atoms with Crippen LogP contribution in [0.5, 0.6) is 0 Å². The third-order valence-electron chi connectivity index (χ3n) is 1.83. The molecule has 5 heteroatoms. The van der Waals surface area contributed by atoms with E-state index in [4.69, 9.17) is 11.6 Å². The lowest BCUT2D eigenvalue weighted by Crippen LogP contribution is -2.25. The maximum atomic E-state index is 11.4. The summed E-state index contributed by atoms with van der Waals surface area (Å²) in [7, 11) is 0. The number of halogens is 1. The highest BCUT2D eigenvalue weighted by Gasteiger charge is 2.02. The summed E-state index contributed by atoms with van der Waals surface area (Å²) in [5.74, 6) is -0.299. The van der Waals surface area contributed by atoms with Crippen molar-refractivity contribution in [2.45, 2.75) is 13.3 Å². The Kier molecular flexibility index (Phi) is 4.79. The molecule has 0 spiro atoms. The minimum atomic E-state index is -0.156. The van der Waals surface area contributed by atoms with Gasteiger partial charge in [-0.15, -0.1) is 0 Å². The van der Waals surface area contributed by atoms with Crippen LogP contribution < -0.4 is 10.6 Å². The Hall–Kier alpha value is -1.55. The van der Waals surface area contributed by atoms with Crippen molar-refractivity contribution >= 4 is 29.1 Å². The number of hydrogen-bond donors (Lipinski definition) is 2. The molecule has 4 nitrogen and oxygen atoms in total. The molecule has 0 atom stereocenters. The van der Waals surface area contributed by atoms with Gasteiger partial charge < -0.3 is 10.6 Å². The van der Waals surface area contributed by atoms with E-state index in [9.17, 15) is 9.59 Å². The van der Waals surface area contributed by atoms with Crippen molar-refractivity contribution in [2.75, 3.05) is 11.9 Å². The molecule has 0 aliphatic heterocycles. The van der Waals surface area contributed by atoms with E-state index in [1.807, 2.05) is 0 Å². The van der Waals surface area contributed by atoms with Gasteiger partial charge in [-0.25, -0.2) is 0 Å². The van der Waals surface area contributed by atoms with Gasteiger partial charge in [0.05, 0.1) is 0 Å². The van der Waals surface area contributed by atoms with Gasteiger partial charge >= 0.3 is 0 Å². The predicted octanol–water partition coefficient (Wildman–Crippen LogP) is 1.80. The average molecular weight is 241 g/mol. The number of anilines is 1. The predicted molar refractivity (Wildman–Crippen MR) is 63.4 cm³/mol. The third-order valence-corrected chi connectivity index (χ3v) is 2.07. The Morgan fingerprint density at radius 1 is 1.38 bits per heavy atom. The summed E-state index contributed by atoms with van der Waals surface area (Å²) < 4.78 is 0. The van der Waals surface area contributed by atoms with Gasteiger partial charge in [-0.05, 0) is 18.2 Å². The first-order valence-corrected chi connectivity index (χ1v) is 5.25. The SMILES string of the molecule is CC(=O)NCCC(=O)Nc1cccc(Cl)c1. The minimum Gasteiger partial charge on any atom is -0.356 e. The van der Waals surface area contributed by atoms with Gasteiger partial charge in [-0.3, -0.25) is 9.59 Å². The van der Waals surface area contributed by atoms with Crippen molar-refractivity contribution in [1.82, 2.24) is 5.32 Å². The zero-order valence-electron chi connectivity index (χ0n) is 8.92. The fraction of sp³-hybridized carbons (Fsp3) is 0.273. The first-order chi connectivity index (χ1) is 7.58. The van der Waals surface area contributed by atoms with E-state index in [1.54, 1.807) is 24.3 Å². The van der Waals surface area contributed by atoms with Crippen LogP contribution in [0.3, 0.4) is 0 Å². The fourth-order valence-corrected chi connectivity index (χ4v) is 1.33. The van der Waals surface area contributed by atoms with Gasteiger partial charge in [0.2, 0.25) is 11.8 Å². The molecule has 16 heavy (non-hydrogen) atoms. The van der Waals surface area contributed by atoms with Crippen molar-refractivity contribution in [3.05, 3.63) is 29.3 Å². The molecule has 0 radical (unpaired) electrons. The second kappa shape index (κ2) is 6.12. The van der Waals surface area contributed by atoms with E-state index >= 15 is 0 Å². The Morgan fingerprint density at radius 3 is 2.75 bits per heavy atom. The lowest BCUT2D eigenvalue weighted by atomic mass is 10.3. The van der Waals surface area contributed by atoms with E-state index in [2.05, 4.69) is 10.6 Å². The lowest BCUT2D eigenvalue weighted by molar-refractivity contribution is -0.119. The minimum absolute atomic E-state index is 0.143. The maximum Gasteiger partial charge on any atom is 0.226 e. The molecule has 0 aliphatic carbocycles. The number of carbonyl (C=O) groups excluding carboxylic acids is 2. The molecule has 2 N–H and O–H groups in total. The van der Waals surface area contributed by atoms with E-state index in [-0.39, 0.29) is 18.2 Å². The van der Waals surface area contributed by atoms with Gasteiger partial charge in [0.25, 0.3) is 0 Å². The molecule has 0 aliphatic rings. The second-order valence-corrected chi connectivity index (χ2v) is 3.73. The molecule has 1 rings (SSSR count). The number of amides is 2. The molecule has 2 amide bonds. The summed E-state index contributed by atoms with van der Waals surface area (Å²) in [4.78, 5) is 22.0. The van der Waals surface area contributed by atoms with E-state index in [1.165, 1.54) is 6.92 Å². The standard InChI is InChI=1S/C11H13ClN2O2/c1-8(15)13-6-5-11(16)14-10-4-2-3-9(12)7-10/h2-4,7H,5-6H2,1H3,(H,13,15)(H,14,16). The molecule has 0 unspecified atom stereocenters. The summed E-state index contributed by atoms with van der Waals surface area (Å²) in [6, 6.07) is 6.90. The molecule has 0 heterocycles. The summed E-state index contributed by atoms with van der Waals surface area (Å²) >= 11 is 5.77. The Labute approximate surface area is 99.0 Å². The summed E-state index contributed by atoms with van der Waals surface area (Å²) in [5.41, 5.74) is 0.653. The van der Waals surface area contributed by atoms with Gasteiger partial charge in [0.15, 0.2) is 0 Å². The first kappa shape index (κ1) is 12.5. The van der Waals surface area contributed by atoms with Crippen LogP contribution in [0.15, 0.2) is 24.3 Å². The zero-order chi connectivity index (χ0) is 12.0. The van der Waals surface area contributed by atoms with Crippen LogP contribution in [0.1, 0.15) is 13.3 Å². The summed E-state index contributed by atoms with van der Waals surface area (Å²) in [6.45, 7) is 1.75. The largest absolute Gasteiger partial charge is 0.356 e. The number of hydrogen-bond acceptors (Lipinski definition) is 2. The highest BCUT2D eigenvalue weighted by atomic mass is 35.5. The van der Waals surface area contributed by atoms with Crippen molar-refractivity contribution in [1.29, 1.82) is 0 Å². The molecule has 0 bridgehead atoms. The smallest absolute Gasteiger partial charge is 0.226 e. The fourth-order valence-electron chi connectivity index (χ4n) is 1.14. The number of nitrogens with one attached hydrogen (secondary N) is 2. The van der Waals surface area contributed by atoms with Crippen molar-refractivity contribution < 1.29 is 9.59 Å². The molecule has 86 valence electrons. The van der Waals surface area contributed by atoms with Crippen LogP contribution in [-0.4, -0.2) is 18.4 Å². The molecular weight excluding hydrogens is 228 g/mol. The number of rotatable bonds is 4. The Bertz CT molecular complexity index is 393. The monoisotopic (exact) mass is 240 g/mol. The quantitative estimate of drug-likeness (QED) is 0.843. The number of carbonyl (C=O) groups is 2. The molecule has 1 aromatic carbocycles. The summed E-state index contributed by atoms with van der Waals surface area (Å²) in [6.07, 6.45) is 0.242. The zero-order valence-corrected chi connectivity index (χ0v) is 9.67. The second-order valence-electron chi connectivity index (χ2n) is 3.29. The van der Waals surface area contributed by atoms with E-state index in [0.29, 0.717) is 17.3 Å². The molecule has 1 aromatic rings.